The van der Waals surface area contributed by atoms with Crippen LogP contribution in [0.15, 0.2) is 0 Å². The number of methoxy groups -OCH3 is 1. The summed E-state index contributed by atoms with van der Waals surface area (Å²) in [5.74, 6) is 0.245. The number of hydrogen-bond donors (Lipinski definition) is 2. The van der Waals surface area contributed by atoms with E-state index in [0.717, 1.165) is 12.8 Å². The summed E-state index contributed by atoms with van der Waals surface area (Å²) < 4.78 is 4.50. The van der Waals surface area contributed by atoms with E-state index in [4.69, 9.17) is 0 Å². The van der Waals surface area contributed by atoms with Crippen molar-refractivity contribution < 1.29 is 14.3 Å². The number of hydrogen-bond acceptors (Lipinski definition) is 3. The molecule has 0 spiro atoms. The molecule has 2 amide bonds. The minimum atomic E-state index is -0.204. The van der Waals surface area contributed by atoms with Crippen molar-refractivity contribution in [2.24, 2.45) is 5.92 Å². The number of ether oxygens (including phenoxy) is 1. The summed E-state index contributed by atoms with van der Waals surface area (Å²) >= 11 is 0. The average Bonchev–Trinajstić information content (AvgIpc) is 2.25. The number of unbranched alkanes of at least 4 members (excludes halogenated alkanes) is 1. The number of amides is 2. The second kappa shape index (κ2) is 9.00. The molecule has 0 bridgehead atoms. The molecule has 0 saturated carbocycles. The Hall–Kier alpha value is -1.26. The van der Waals surface area contributed by atoms with Gasteiger partial charge in [0, 0.05) is 19.5 Å². The van der Waals surface area contributed by atoms with Crippen LogP contribution in [-0.4, -0.2) is 32.2 Å². The number of rotatable bonds is 7. The Morgan fingerprint density at radius 2 is 1.88 bits per heavy atom. The molecule has 2 N–H and O–H groups in total. The third kappa shape index (κ3) is 9.30. The molecule has 5 nitrogen and oxygen atoms in total. The molecule has 0 rings (SSSR count). The Balaban J connectivity index is 3.31. The molecule has 0 atom stereocenters. The predicted octanol–water partition coefficient (Wildman–Crippen LogP) is 1.28. The zero-order valence-electron chi connectivity index (χ0n) is 10.3. The fourth-order valence-corrected chi connectivity index (χ4v) is 1.06. The van der Waals surface area contributed by atoms with Crippen LogP contribution in [0.4, 0.5) is 4.79 Å². The summed E-state index contributed by atoms with van der Waals surface area (Å²) in [6.45, 7) is 5.34. The molecule has 0 aliphatic carbocycles. The number of nitrogens with one attached hydrogen (secondary N) is 2. The predicted molar refractivity (Wildman–Crippen MR) is 62.1 cm³/mol. The topological polar surface area (TPSA) is 67.4 Å². The average molecular weight is 230 g/mol. The van der Waals surface area contributed by atoms with Gasteiger partial charge in [0.1, 0.15) is 0 Å². The highest BCUT2D eigenvalue weighted by Gasteiger charge is 2.02. The second-order valence-corrected chi connectivity index (χ2v) is 4.06. The number of carbonyl (C=O) groups is 2. The first-order chi connectivity index (χ1) is 7.56. The smallest absolute Gasteiger partial charge is 0.314 e. The maximum absolute atomic E-state index is 11.2. The molecular weight excluding hydrogens is 208 g/mol. The van der Waals surface area contributed by atoms with Gasteiger partial charge in [-0.05, 0) is 18.8 Å². The largest absolute Gasteiger partial charge is 0.469 e. The molecule has 0 aliphatic heterocycles. The molecule has 0 aromatic heterocycles. The highest BCUT2D eigenvalue weighted by molar-refractivity contribution is 5.73. The van der Waals surface area contributed by atoms with E-state index in [2.05, 4.69) is 15.4 Å². The minimum Gasteiger partial charge on any atom is -0.469 e. The SMILES string of the molecule is COC(=O)CCCCNC(=O)NCC(C)C. The summed E-state index contributed by atoms with van der Waals surface area (Å²) in [6.07, 6.45) is 1.92. The van der Waals surface area contributed by atoms with Crippen LogP contribution in [0.3, 0.4) is 0 Å². The molecule has 0 radical (unpaired) electrons. The highest BCUT2D eigenvalue weighted by atomic mass is 16.5. The van der Waals surface area contributed by atoms with Gasteiger partial charge in [0.15, 0.2) is 0 Å². The lowest BCUT2D eigenvalue weighted by Gasteiger charge is -2.08. The van der Waals surface area contributed by atoms with E-state index >= 15 is 0 Å². The van der Waals surface area contributed by atoms with Crippen molar-refractivity contribution in [1.82, 2.24) is 10.6 Å². The zero-order chi connectivity index (χ0) is 12.4. The summed E-state index contributed by atoms with van der Waals surface area (Å²) in [5.41, 5.74) is 0. The van der Waals surface area contributed by atoms with Gasteiger partial charge in [-0.15, -0.1) is 0 Å². The first kappa shape index (κ1) is 14.7. The quantitative estimate of drug-likeness (QED) is 0.511. The molecule has 0 saturated heterocycles. The van der Waals surface area contributed by atoms with Crippen LogP contribution in [0.5, 0.6) is 0 Å². The van der Waals surface area contributed by atoms with Gasteiger partial charge in [0.25, 0.3) is 0 Å². The van der Waals surface area contributed by atoms with Crippen molar-refractivity contribution in [3.8, 4) is 0 Å². The highest BCUT2D eigenvalue weighted by Crippen LogP contribution is 1.95. The summed E-state index contributed by atoms with van der Waals surface area (Å²) in [4.78, 5) is 22.0. The van der Waals surface area contributed by atoms with Gasteiger partial charge in [-0.25, -0.2) is 4.79 Å². The lowest BCUT2D eigenvalue weighted by molar-refractivity contribution is -0.140. The molecule has 0 aromatic carbocycles. The molecule has 0 unspecified atom stereocenters. The number of urea groups is 1. The Labute approximate surface area is 96.9 Å². The van der Waals surface area contributed by atoms with Gasteiger partial charge in [-0.3, -0.25) is 4.79 Å². The van der Waals surface area contributed by atoms with Gasteiger partial charge in [0.05, 0.1) is 7.11 Å². The van der Waals surface area contributed by atoms with Crippen LogP contribution in [-0.2, 0) is 9.53 Å². The van der Waals surface area contributed by atoms with Crippen molar-refractivity contribution in [2.75, 3.05) is 20.2 Å². The van der Waals surface area contributed by atoms with Crippen molar-refractivity contribution in [1.29, 1.82) is 0 Å². The van der Waals surface area contributed by atoms with Crippen molar-refractivity contribution >= 4 is 12.0 Å². The van der Waals surface area contributed by atoms with Crippen molar-refractivity contribution in [3.05, 3.63) is 0 Å². The molecule has 94 valence electrons. The van der Waals surface area contributed by atoms with E-state index in [1.807, 2.05) is 13.8 Å². The third-order valence-corrected chi connectivity index (χ3v) is 1.99. The molecule has 5 heteroatoms. The van der Waals surface area contributed by atoms with Gasteiger partial charge in [0.2, 0.25) is 0 Å². The summed E-state index contributed by atoms with van der Waals surface area (Å²) in [7, 11) is 1.37. The van der Waals surface area contributed by atoms with E-state index < -0.39 is 0 Å². The monoisotopic (exact) mass is 230 g/mol. The third-order valence-electron chi connectivity index (χ3n) is 1.99. The lowest BCUT2D eigenvalue weighted by Crippen LogP contribution is -2.37. The number of carbonyl (C=O) groups excluding carboxylic acids is 2. The fraction of sp³-hybridized carbons (Fsp3) is 0.818. The van der Waals surface area contributed by atoms with E-state index in [1.54, 1.807) is 0 Å². The van der Waals surface area contributed by atoms with Crippen LogP contribution < -0.4 is 10.6 Å². The van der Waals surface area contributed by atoms with Crippen LogP contribution in [0.25, 0.3) is 0 Å². The first-order valence-electron chi connectivity index (χ1n) is 5.64. The first-order valence-corrected chi connectivity index (χ1v) is 5.64. The fourth-order valence-electron chi connectivity index (χ4n) is 1.06. The van der Waals surface area contributed by atoms with Gasteiger partial charge in [-0.1, -0.05) is 13.8 Å². The van der Waals surface area contributed by atoms with Gasteiger partial charge < -0.3 is 15.4 Å². The molecule has 0 aliphatic rings. The Morgan fingerprint density at radius 3 is 2.44 bits per heavy atom. The van der Waals surface area contributed by atoms with E-state index in [1.165, 1.54) is 7.11 Å². The molecule has 0 aromatic rings. The van der Waals surface area contributed by atoms with Crippen molar-refractivity contribution in [3.63, 3.8) is 0 Å². The van der Waals surface area contributed by atoms with Crippen LogP contribution in [0.2, 0.25) is 0 Å². The summed E-state index contributed by atoms with van der Waals surface area (Å²) in [6, 6.07) is -0.147. The van der Waals surface area contributed by atoms with Gasteiger partial charge in [-0.2, -0.15) is 0 Å². The van der Waals surface area contributed by atoms with Gasteiger partial charge >= 0.3 is 12.0 Å². The molecule has 16 heavy (non-hydrogen) atoms. The van der Waals surface area contributed by atoms with E-state index in [9.17, 15) is 9.59 Å². The second-order valence-electron chi connectivity index (χ2n) is 4.06. The number of esters is 1. The molecular formula is C11H22N2O3. The normalized spacial score (nSPS) is 10.0. The molecule has 0 heterocycles. The lowest BCUT2D eigenvalue weighted by atomic mass is 10.2. The van der Waals surface area contributed by atoms with Crippen molar-refractivity contribution in [2.45, 2.75) is 33.1 Å². The minimum absolute atomic E-state index is 0.147. The molecule has 0 fully saturated rings. The summed E-state index contributed by atoms with van der Waals surface area (Å²) in [5, 5.41) is 5.48. The van der Waals surface area contributed by atoms with Crippen LogP contribution in [0, 0.1) is 5.92 Å². The zero-order valence-corrected chi connectivity index (χ0v) is 10.3. The van der Waals surface area contributed by atoms with E-state index in [0.29, 0.717) is 25.4 Å². The standard InChI is InChI=1S/C11H22N2O3/c1-9(2)8-13-11(15)12-7-5-4-6-10(14)16-3/h9H,4-8H2,1-3H3,(H2,12,13,15). The Bertz CT molecular complexity index is 217. The Kier molecular flexibility index (Phi) is 8.29. The van der Waals surface area contributed by atoms with Crippen LogP contribution >= 0.6 is 0 Å². The van der Waals surface area contributed by atoms with Crippen LogP contribution in [0.1, 0.15) is 33.1 Å². The Morgan fingerprint density at radius 1 is 1.19 bits per heavy atom. The van der Waals surface area contributed by atoms with E-state index in [-0.39, 0.29) is 12.0 Å². The maximum Gasteiger partial charge on any atom is 0.314 e. The maximum atomic E-state index is 11.2.